The van der Waals surface area contributed by atoms with Gasteiger partial charge in [-0.15, -0.1) is 0 Å². The number of pyridine rings is 1. The van der Waals surface area contributed by atoms with E-state index in [2.05, 4.69) is 16.0 Å². The number of likely N-dealkylation sites (tertiary alicyclic amines) is 1. The Morgan fingerprint density at radius 2 is 2.26 bits per heavy atom. The quantitative estimate of drug-likeness (QED) is 0.823. The molecule has 2 aromatic rings. The Labute approximate surface area is 137 Å². The first-order valence-corrected chi connectivity index (χ1v) is 8.44. The van der Waals surface area contributed by atoms with Crippen molar-refractivity contribution in [3.63, 3.8) is 0 Å². The van der Waals surface area contributed by atoms with Gasteiger partial charge in [-0.2, -0.15) is 0 Å². The first-order chi connectivity index (χ1) is 11.3. The Morgan fingerprint density at radius 3 is 3.04 bits per heavy atom. The van der Waals surface area contributed by atoms with Gasteiger partial charge in [-0.25, -0.2) is 4.98 Å². The smallest absolute Gasteiger partial charge is 0.222 e. The lowest BCUT2D eigenvalue weighted by molar-refractivity contribution is -0.133. The Balaban J connectivity index is 1.44. The summed E-state index contributed by atoms with van der Waals surface area (Å²) in [5.74, 6) is 0.826. The highest BCUT2D eigenvalue weighted by atomic mass is 16.2. The molecule has 0 aromatic carbocycles. The van der Waals surface area contributed by atoms with Gasteiger partial charge in [-0.3, -0.25) is 9.78 Å². The average Bonchev–Trinajstić information content (AvgIpc) is 3.09. The molecule has 0 unspecified atom stereocenters. The summed E-state index contributed by atoms with van der Waals surface area (Å²) in [5.41, 5.74) is 1.13. The van der Waals surface area contributed by atoms with E-state index < -0.39 is 0 Å². The van der Waals surface area contributed by atoms with Crippen LogP contribution in [-0.4, -0.2) is 38.4 Å². The Bertz CT molecular complexity index is 597. The number of aryl methyl sites for hydroxylation is 1. The van der Waals surface area contributed by atoms with Crippen LogP contribution in [0.15, 0.2) is 43.1 Å². The summed E-state index contributed by atoms with van der Waals surface area (Å²) in [6.45, 7) is 2.64. The second-order valence-corrected chi connectivity index (χ2v) is 6.28. The minimum absolute atomic E-state index is 0.288. The molecule has 1 aliphatic heterocycles. The van der Waals surface area contributed by atoms with Crippen LogP contribution in [0.1, 0.15) is 31.4 Å². The lowest BCUT2D eigenvalue weighted by Crippen LogP contribution is -2.40. The van der Waals surface area contributed by atoms with Crippen molar-refractivity contribution in [2.45, 2.75) is 38.6 Å². The third-order valence-electron chi connectivity index (χ3n) is 4.46. The highest BCUT2D eigenvalue weighted by molar-refractivity contribution is 5.76. The van der Waals surface area contributed by atoms with E-state index in [9.17, 15) is 4.79 Å². The predicted octanol–water partition coefficient (Wildman–Crippen LogP) is 2.54. The predicted molar refractivity (Wildman–Crippen MR) is 88.7 cm³/mol. The van der Waals surface area contributed by atoms with Gasteiger partial charge in [0.05, 0.1) is 6.33 Å². The second kappa shape index (κ2) is 7.90. The zero-order valence-corrected chi connectivity index (χ0v) is 13.5. The fraction of sp³-hybridized carbons (Fsp3) is 0.500. The molecule has 5 nitrogen and oxygen atoms in total. The van der Waals surface area contributed by atoms with Crippen LogP contribution in [0.3, 0.4) is 0 Å². The van der Waals surface area contributed by atoms with Gasteiger partial charge in [0, 0.05) is 50.3 Å². The lowest BCUT2D eigenvalue weighted by Gasteiger charge is -2.33. The summed E-state index contributed by atoms with van der Waals surface area (Å²) < 4.78 is 2.02. The van der Waals surface area contributed by atoms with E-state index in [0.717, 1.165) is 44.6 Å². The van der Waals surface area contributed by atoms with Gasteiger partial charge in [-0.05, 0) is 43.7 Å². The third kappa shape index (κ3) is 4.65. The first-order valence-electron chi connectivity index (χ1n) is 8.44. The zero-order chi connectivity index (χ0) is 15.9. The molecule has 23 heavy (non-hydrogen) atoms. The zero-order valence-electron chi connectivity index (χ0n) is 13.5. The molecule has 0 N–H and O–H groups in total. The molecule has 0 saturated carbocycles. The topological polar surface area (TPSA) is 51.0 Å². The maximum atomic E-state index is 12.4. The van der Waals surface area contributed by atoms with Crippen LogP contribution in [0, 0.1) is 5.92 Å². The number of hydrogen-bond donors (Lipinski definition) is 0. The highest BCUT2D eigenvalue weighted by Gasteiger charge is 2.23. The molecule has 122 valence electrons. The van der Waals surface area contributed by atoms with Crippen molar-refractivity contribution in [1.29, 1.82) is 0 Å². The van der Waals surface area contributed by atoms with Crippen molar-refractivity contribution in [1.82, 2.24) is 19.4 Å². The molecule has 0 radical (unpaired) electrons. The van der Waals surface area contributed by atoms with Crippen LogP contribution < -0.4 is 0 Å². The lowest BCUT2D eigenvalue weighted by atomic mass is 9.93. The molecule has 5 heteroatoms. The van der Waals surface area contributed by atoms with E-state index in [1.54, 1.807) is 12.5 Å². The second-order valence-electron chi connectivity index (χ2n) is 6.28. The number of aromatic nitrogens is 3. The molecule has 2 aromatic heterocycles. The number of hydrogen-bond acceptors (Lipinski definition) is 3. The maximum Gasteiger partial charge on any atom is 0.222 e. The number of imidazole rings is 1. The summed E-state index contributed by atoms with van der Waals surface area (Å²) >= 11 is 0. The minimum Gasteiger partial charge on any atom is -0.342 e. The summed E-state index contributed by atoms with van der Waals surface area (Å²) in [4.78, 5) is 22.9. The Hall–Kier alpha value is -2.17. The normalized spacial score (nSPS) is 18.1. The molecule has 1 saturated heterocycles. The van der Waals surface area contributed by atoms with E-state index in [-0.39, 0.29) is 5.91 Å². The molecule has 1 aliphatic rings. The van der Waals surface area contributed by atoms with Gasteiger partial charge in [0.2, 0.25) is 5.91 Å². The van der Waals surface area contributed by atoms with Crippen LogP contribution in [0.2, 0.25) is 0 Å². The van der Waals surface area contributed by atoms with Crippen LogP contribution in [-0.2, 0) is 17.8 Å². The summed E-state index contributed by atoms with van der Waals surface area (Å²) in [6, 6.07) is 6.05. The largest absolute Gasteiger partial charge is 0.342 e. The van der Waals surface area contributed by atoms with Gasteiger partial charge < -0.3 is 9.47 Å². The number of nitrogens with zero attached hydrogens (tertiary/aromatic N) is 4. The fourth-order valence-electron chi connectivity index (χ4n) is 3.26. The standard InChI is InChI=1S/C18H24N4O/c23-18(7-4-10-21-12-9-19-15-21)22-11-3-5-16(14-22)13-17-6-1-2-8-20-17/h1-2,6,8-9,12,15-16H,3-5,7,10-11,13-14H2/t16-/m1/s1. The van der Waals surface area contributed by atoms with Crippen molar-refractivity contribution in [3.8, 4) is 0 Å². The molecule has 3 heterocycles. The van der Waals surface area contributed by atoms with E-state index >= 15 is 0 Å². The first kappa shape index (κ1) is 15.7. The van der Waals surface area contributed by atoms with Gasteiger partial charge >= 0.3 is 0 Å². The summed E-state index contributed by atoms with van der Waals surface area (Å²) in [5, 5.41) is 0. The molecular weight excluding hydrogens is 288 g/mol. The van der Waals surface area contributed by atoms with E-state index in [4.69, 9.17) is 0 Å². The van der Waals surface area contributed by atoms with Gasteiger partial charge in [0.15, 0.2) is 0 Å². The summed E-state index contributed by atoms with van der Waals surface area (Å²) in [7, 11) is 0. The number of carbonyl (C=O) groups is 1. The molecule has 3 rings (SSSR count). The minimum atomic E-state index is 0.288. The molecule has 1 amide bonds. The monoisotopic (exact) mass is 312 g/mol. The number of amides is 1. The SMILES string of the molecule is O=C(CCCn1ccnc1)N1CCC[C@H](Cc2ccccn2)C1. The average molecular weight is 312 g/mol. The highest BCUT2D eigenvalue weighted by Crippen LogP contribution is 2.21. The van der Waals surface area contributed by atoms with E-state index in [1.807, 2.05) is 34.0 Å². The fourth-order valence-corrected chi connectivity index (χ4v) is 3.26. The van der Waals surface area contributed by atoms with Crippen molar-refractivity contribution in [3.05, 3.63) is 48.8 Å². The van der Waals surface area contributed by atoms with Crippen LogP contribution in [0.25, 0.3) is 0 Å². The van der Waals surface area contributed by atoms with Crippen molar-refractivity contribution < 1.29 is 4.79 Å². The number of carbonyl (C=O) groups excluding carboxylic acids is 1. The molecule has 1 atom stereocenters. The van der Waals surface area contributed by atoms with Crippen LogP contribution in [0.5, 0.6) is 0 Å². The maximum absolute atomic E-state index is 12.4. The Morgan fingerprint density at radius 1 is 1.30 bits per heavy atom. The number of rotatable bonds is 6. The van der Waals surface area contributed by atoms with Crippen molar-refractivity contribution in [2.24, 2.45) is 5.92 Å². The van der Waals surface area contributed by atoms with Crippen molar-refractivity contribution >= 4 is 5.91 Å². The van der Waals surface area contributed by atoms with E-state index in [0.29, 0.717) is 12.3 Å². The Kier molecular flexibility index (Phi) is 5.40. The van der Waals surface area contributed by atoms with Gasteiger partial charge in [0.1, 0.15) is 0 Å². The van der Waals surface area contributed by atoms with E-state index in [1.165, 1.54) is 6.42 Å². The molecular formula is C18H24N4O. The molecule has 1 fully saturated rings. The molecule has 0 aliphatic carbocycles. The van der Waals surface area contributed by atoms with Crippen LogP contribution in [0.4, 0.5) is 0 Å². The summed E-state index contributed by atoms with van der Waals surface area (Å²) in [6.07, 6.45) is 12.1. The van der Waals surface area contributed by atoms with Crippen LogP contribution >= 0.6 is 0 Å². The third-order valence-corrected chi connectivity index (χ3v) is 4.46. The molecule has 0 bridgehead atoms. The van der Waals surface area contributed by atoms with Crippen molar-refractivity contribution in [2.75, 3.05) is 13.1 Å². The van der Waals surface area contributed by atoms with Gasteiger partial charge in [-0.1, -0.05) is 6.07 Å². The van der Waals surface area contributed by atoms with Gasteiger partial charge in [0.25, 0.3) is 0 Å². The number of piperidine rings is 1. The molecule has 0 spiro atoms.